The Morgan fingerprint density at radius 1 is 1.02 bits per heavy atom. The maximum Gasteiger partial charge on any atom is 0.254 e. The number of carbonyl (C=O) groups excluding carboxylic acids is 2. The van der Waals surface area contributed by atoms with E-state index in [2.05, 4.69) is 35.4 Å². The van der Waals surface area contributed by atoms with E-state index >= 15 is 0 Å². The third kappa shape index (κ3) is 6.47. The molecule has 0 aliphatic carbocycles. The minimum absolute atomic E-state index is 0.0371. The summed E-state index contributed by atoms with van der Waals surface area (Å²) in [5.74, 6) is -0.0813. The predicted molar refractivity (Wildman–Crippen MR) is 159 cm³/mol. The second kappa shape index (κ2) is 13.1. The highest BCUT2D eigenvalue weighted by atomic mass is 32.1. The number of hydrogen-bond acceptors (Lipinski definition) is 4. The molecule has 40 heavy (non-hydrogen) atoms. The van der Waals surface area contributed by atoms with Crippen molar-refractivity contribution in [2.24, 2.45) is 0 Å². The van der Waals surface area contributed by atoms with E-state index < -0.39 is 0 Å². The lowest BCUT2D eigenvalue weighted by Crippen LogP contribution is -2.55. The second-order valence-corrected chi connectivity index (χ2v) is 12.1. The molecule has 0 N–H and O–H groups in total. The summed E-state index contributed by atoms with van der Waals surface area (Å²) < 4.78 is 14.1. The molecule has 1 fully saturated rings. The van der Waals surface area contributed by atoms with E-state index in [0.29, 0.717) is 38.2 Å². The van der Waals surface area contributed by atoms with Crippen LogP contribution in [-0.2, 0) is 17.6 Å². The van der Waals surface area contributed by atoms with Crippen molar-refractivity contribution in [1.29, 1.82) is 0 Å². The van der Waals surface area contributed by atoms with Crippen LogP contribution < -0.4 is 0 Å². The minimum Gasteiger partial charge on any atom is -0.339 e. The van der Waals surface area contributed by atoms with Crippen LogP contribution in [0, 0.1) is 5.82 Å². The van der Waals surface area contributed by atoms with E-state index in [0.717, 1.165) is 24.9 Å². The highest BCUT2D eigenvalue weighted by molar-refractivity contribution is 7.10. The number of rotatable bonds is 9. The molecule has 7 heteroatoms. The molecule has 0 radical (unpaired) electrons. The van der Waals surface area contributed by atoms with E-state index in [1.807, 2.05) is 34.9 Å². The van der Waals surface area contributed by atoms with Crippen LogP contribution in [0.3, 0.4) is 0 Å². The lowest BCUT2D eigenvalue weighted by molar-refractivity contribution is -0.134. The lowest BCUT2D eigenvalue weighted by atomic mass is 9.93. The monoisotopic (exact) mass is 561 g/mol. The van der Waals surface area contributed by atoms with Crippen molar-refractivity contribution in [3.63, 3.8) is 0 Å². The van der Waals surface area contributed by atoms with Crippen molar-refractivity contribution in [2.75, 3.05) is 32.7 Å². The average molecular weight is 562 g/mol. The molecule has 0 unspecified atom stereocenters. The second-order valence-electron chi connectivity index (χ2n) is 11.1. The average Bonchev–Trinajstić information content (AvgIpc) is 3.44. The zero-order chi connectivity index (χ0) is 28.1. The van der Waals surface area contributed by atoms with Crippen LogP contribution in [0.5, 0.6) is 0 Å². The fourth-order valence-corrected chi connectivity index (χ4v) is 7.02. The van der Waals surface area contributed by atoms with Crippen molar-refractivity contribution in [2.45, 2.75) is 64.5 Å². The fourth-order valence-electron chi connectivity index (χ4n) is 6.12. The Kier molecular flexibility index (Phi) is 9.33. The Morgan fingerprint density at radius 2 is 1.85 bits per heavy atom. The summed E-state index contributed by atoms with van der Waals surface area (Å²) >= 11 is 1.75. The van der Waals surface area contributed by atoms with Crippen LogP contribution in [0.1, 0.15) is 77.5 Å². The first-order valence-electron chi connectivity index (χ1n) is 14.7. The molecular weight excluding hydrogens is 521 g/mol. The first kappa shape index (κ1) is 28.5. The van der Waals surface area contributed by atoms with E-state index in [1.54, 1.807) is 23.5 Å². The van der Waals surface area contributed by atoms with E-state index in [4.69, 9.17) is 0 Å². The molecule has 3 aromatic rings. The van der Waals surface area contributed by atoms with Crippen molar-refractivity contribution in [3.8, 4) is 0 Å². The Bertz CT molecular complexity index is 1310. The minimum atomic E-state index is -0.236. The number of hydrogen-bond donors (Lipinski definition) is 0. The topological polar surface area (TPSA) is 43.9 Å². The fraction of sp³-hybridized carbons (Fsp3) is 0.455. The first-order valence-corrected chi connectivity index (χ1v) is 15.6. The van der Waals surface area contributed by atoms with Gasteiger partial charge in [0, 0.05) is 55.6 Å². The van der Waals surface area contributed by atoms with E-state index in [1.165, 1.54) is 41.3 Å². The highest BCUT2D eigenvalue weighted by Crippen LogP contribution is 2.38. The van der Waals surface area contributed by atoms with Gasteiger partial charge in [0.05, 0.1) is 6.04 Å². The summed E-state index contributed by atoms with van der Waals surface area (Å²) in [6.07, 6.45) is 6.01. The van der Waals surface area contributed by atoms with Gasteiger partial charge in [-0.1, -0.05) is 44.0 Å². The summed E-state index contributed by atoms with van der Waals surface area (Å²) in [6, 6.07) is 16.9. The number of aryl methyl sites for hydroxylation is 1. The summed E-state index contributed by atoms with van der Waals surface area (Å²) in [6.45, 7) is 7.32. The molecule has 2 amide bonds. The molecule has 0 bridgehead atoms. The molecule has 5 nitrogen and oxygen atoms in total. The summed E-state index contributed by atoms with van der Waals surface area (Å²) in [7, 11) is 0. The van der Waals surface area contributed by atoms with Crippen LogP contribution in [0.15, 0.2) is 60.0 Å². The number of piperazine rings is 1. The van der Waals surface area contributed by atoms with Crippen LogP contribution in [0.4, 0.5) is 4.39 Å². The van der Waals surface area contributed by atoms with Gasteiger partial charge in [0.15, 0.2) is 0 Å². The van der Waals surface area contributed by atoms with Crippen LogP contribution in [0.25, 0.3) is 0 Å². The van der Waals surface area contributed by atoms with Gasteiger partial charge in [0.25, 0.3) is 5.91 Å². The third-order valence-corrected chi connectivity index (χ3v) is 9.35. The maximum absolute atomic E-state index is 14.1. The summed E-state index contributed by atoms with van der Waals surface area (Å²) in [4.78, 5) is 34.0. The molecule has 5 rings (SSSR count). The highest BCUT2D eigenvalue weighted by Gasteiger charge is 2.33. The zero-order valence-corrected chi connectivity index (χ0v) is 24.5. The number of amides is 2. The number of thiophene rings is 1. The molecule has 0 saturated carbocycles. The molecule has 212 valence electrons. The Labute approximate surface area is 241 Å². The lowest BCUT2D eigenvalue weighted by Gasteiger charge is -2.41. The summed E-state index contributed by atoms with van der Waals surface area (Å²) in [5, 5.41) is 2.11. The standard InChI is InChI=1S/C33H40FN3O2S/c1-3-4-5-7-25-10-12-26(13-11-25)33(39)37-20-19-36(23-24(37)2)31(38)15-18-35-17-14-30-29(16-21-40-30)32(35)27-8-6-9-28(34)22-27/h6,8-13,16,21-22,24,32H,3-5,7,14-15,17-20,23H2,1-2H3/t24-,32-/m0/s1. The Morgan fingerprint density at radius 3 is 2.60 bits per heavy atom. The Balaban J connectivity index is 1.17. The van der Waals surface area contributed by atoms with Gasteiger partial charge in [0.1, 0.15) is 5.82 Å². The van der Waals surface area contributed by atoms with Gasteiger partial charge >= 0.3 is 0 Å². The molecule has 1 aromatic heterocycles. The molecule has 2 aliphatic heterocycles. The van der Waals surface area contributed by atoms with Gasteiger partial charge in [-0.2, -0.15) is 0 Å². The molecule has 3 heterocycles. The van der Waals surface area contributed by atoms with Crippen LogP contribution in [-0.4, -0.2) is 65.3 Å². The molecule has 2 aliphatic rings. The normalized spacial score (nSPS) is 19.5. The number of benzene rings is 2. The van der Waals surface area contributed by atoms with Gasteiger partial charge in [-0.3, -0.25) is 14.5 Å². The smallest absolute Gasteiger partial charge is 0.254 e. The largest absolute Gasteiger partial charge is 0.339 e. The van der Waals surface area contributed by atoms with Crippen molar-refractivity contribution in [1.82, 2.24) is 14.7 Å². The van der Waals surface area contributed by atoms with Gasteiger partial charge in [-0.25, -0.2) is 4.39 Å². The molecule has 2 aromatic carbocycles. The zero-order valence-electron chi connectivity index (χ0n) is 23.7. The van der Waals surface area contributed by atoms with Crippen molar-refractivity contribution in [3.05, 3.63) is 92.9 Å². The number of unbranched alkanes of at least 4 members (excludes halogenated alkanes) is 2. The van der Waals surface area contributed by atoms with Gasteiger partial charge in [0.2, 0.25) is 5.91 Å². The number of halogens is 1. The van der Waals surface area contributed by atoms with Crippen LogP contribution >= 0.6 is 11.3 Å². The van der Waals surface area contributed by atoms with Crippen LogP contribution in [0.2, 0.25) is 0 Å². The number of carbonyl (C=O) groups is 2. The van der Waals surface area contributed by atoms with E-state index in [9.17, 15) is 14.0 Å². The Hall–Kier alpha value is -3.03. The molecule has 1 saturated heterocycles. The van der Waals surface area contributed by atoms with E-state index in [-0.39, 0.29) is 29.7 Å². The van der Waals surface area contributed by atoms with Crippen molar-refractivity contribution < 1.29 is 14.0 Å². The predicted octanol–water partition coefficient (Wildman–Crippen LogP) is 6.33. The molecule has 2 atom stereocenters. The number of fused-ring (bicyclic) bond motifs is 1. The first-order chi connectivity index (χ1) is 19.4. The third-order valence-electron chi connectivity index (χ3n) is 8.35. The van der Waals surface area contributed by atoms with Crippen molar-refractivity contribution >= 4 is 23.2 Å². The number of nitrogens with zero attached hydrogens (tertiary/aromatic N) is 3. The molecule has 0 spiro atoms. The SMILES string of the molecule is CCCCCc1ccc(C(=O)N2CCN(C(=O)CCN3CCc4sccc4[C@@H]3c3cccc(F)c3)C[C@@H]2C)cc1. The summed E-state index contributed by atoms with van der Waals surface area (Å²) in [5.41, 5.74) is 4.15. The van der Waals surface area contributed by atoms with Gasteiger partial charge in [-0.15, -0.1) is 11.3 Å². The maximum atomic E-state index is 14.1. The quantitative estimate of drug-likeness (QED) is 0.287. The van der Waals surface area contributed by atoms with Gasteiger partial charge < -0.3 is 9.80 Å². The molecular formula is C33H40FN3O2S. The van der Waals surface area contributed by atoms with Gasteiger partial charge in [-0.05, 0) is 78.6 Å².